The summed E-state index contributed by atoms with van der Waals surface area (Å²) in [6, 6.07) is 54.9. The van der Waals surface area contributed by atoms with E-state index in [1.807, 2.05) is 17.4 Å². The highest BCUT2D eigenvalue weighted by Crippen LogP contribution is 2.53. The highest BCUT2D eigenvalue weighted by atomic mass is 32.1. The molecule has 6 aromatic carbocycles. The van der Waals surface area contributed by atoms with Crippen LogP contribution in [0.3, 0.4) is 0 Å². The van der Waals surface area contributed by atoms with Crippen LogP contribution in [0.5, 0.6) is 0 Å². The van der Waals surface area contributed by atoms with Gasteiger partial charge in [-0.25, -0.2) is 4.79 Å². The molecular weight excluding hydrogens is 809 g/mol. The molecule has 1 aliphatic heterocycles. The van der Waals surface area contributed by atoms with E-state index in [1.54, 1.807) is 23.5 Å². The van der Waals surface area contributed by atoms with E-state index in [1.165, 1.54) is 64.7 Å². The van der Waals surface area contributed by atoms with E-state index in [9.17, 15) is 9.90 Å². The zero-order valence-electron chi connectivity index (χ0n) is 36.2. The van der Waals surface area contributed by atoms with Gasteiger partial charge in [0, 0.05) is 52.8 Å². The lowest BCUT2D eigenvalue weighted by Gasteiger charge is -2.30. The van der Waals surface area contributed by atoms with Crippen molar-refractivity contribution in [2.75, 3.05) is 4.90 Å². The van der Waals surface area contributed by atoms with E-state index < -0.39 is 5.97 Å². The van der Waals surface area contributed by atoms with E-state index in [-0.39, 0.29) is 21.8 Å². The Morgan fingerprint density at radius 1 is 0.508 bits per heavy atom. The molecule has 3 aliphatic rings. The molecule has 0 saturated heterocycles. The highest BCUT2D eigenvalue weighted by molar-refractivity contribution is 7.24. The number of allylic oxidation sites excluding steroid dienone is 1. The molecule has 1 N–H and O–H groups in total. The summed E-state index contributed by atoms with van der Waals surface area (Å²) in [5, 5.41) is 9.54. The number of carboxylic acid groups (broad SMARTS) is 1. The van der Waals surface area contributed by atoms with Gasteiger partial charge in [0.1, 0.15) is 0 Å². The summed E-state index contributed by atoms with van der Waals surface area (Å²) >= 11 is 3.58. The zero-order chi connectivity index (χ0) is 43.4. The molecule has 4 nitrogen and oxygen atoms in total. The summed E-state index contributed by atoms with van der Waals surface area (Å²) in [6.45, 7) is 13.6. The third kappa shape index (κ3) is 6.22. The fourth-order valence-corrected chi connectivity index (χ4v) is 12.2. The Labute approximate surface area is 377 Å². The summed E-state index contributed by atoms with van der Waals surface area (Å²) in [4.78, 5) is 23.8. The molecule has 0 atom stereocenters. The molecule has 2 aliphatic carbocycles. The van der Waals surface area contributed by atoms with Crippen LogP contribution in [0.25, 0.3) is 48.5 Å². The van der Waals surface area contributed by atoms with E-state index in [4.69, 9.17) is 4.99 Å². The van der Waals surface area contributed by atoms with Gasteiger partial charge < -0.3 is 10.0 Å². The van der Waals surface area contributed by atoms with Crippen LogP contribution in [0.2, 0.25) is 0 Å². The number of aromatic carboxylic acids is 1. The molecule has 2 aromatic heterocycles. The number of hydrogen-bond acceptors (Lipinski definition) is 5. The molecule has 63 heavy (non-hydrogen) atoms. The minimum Gasteiger partial charge on any atom is -0.478 e. The lowest BCUT2D eigenvalue weighted by molar-refractivity contribution is 0.0696. The number of carboxylic acids is 1. The van der Waals surface area contributed by atoms with Crippen LogP contribution in [-0.2, 0) is 16.2 Å². The average molecular weight is 855 g/mol. The van der Waals surface area contributed by atoms with Gasteiger partial charge in [0.25, 0.3) is 0 Å². The highest BCUT2D eigenvalue weighted by Gasteiger charge is 2.38. The number of aliphatic imine (C=N–C) groups is 1. The molecule has 11 rings (SSSR count). The van der Waals surface area contributed by atoms with Crippen molar-refractivity contribution in [1.29, 1.82) is 0 Å². The first-order valence-electron chi connectivity index (χ1n) is 21.5. The number of nitrogens with zero attached hydrogens (tertiary/aromatic N) is 2. The Morgan fingerprint density at radius 3 is 1.67 bits per heavy atom. The Hall–Kier alpha value is -6.60. The molecule has 8 aromatic rings. The van der Waals surface area contributed by atoms with Crippen LogP contribution in [-0.4, -0.2) is 16.8 Å². The van der Waals surface area contributed by atoms with Crippen LogP contribution >= 0.6 is 22.7 Å². The predicted octanol–water partition coefficient (Wildman–Crippen LogP) is 16.0. The van der Waals surface area contributed by atoms with Gasteiger partial charge in [-0.2, -0.15) is 0 Å². The third-order valence-electron chi connectivity index (χ3n) is 13.7. The average Bonchev–Trinajstić information content (AvgIpc) is 4.10. The maximum Gasteiger partial charge on any atom is 0.335 e. The summed E-state index contributed by atoms with van der Waals surface area (Å²) < 4.78 is 0. The second-order valence-electron chi connectivity index (χ2n) is 18.5. The molecular formula is C57H46N2O2S2. The largest absolute Gasteiger partial charge is 0.478 e. The predicted molar refractivity (Wildman–Crippen MR) is 265 cm³/mol. The lowest BCUT2D eigenvalue weighted by atomic mass is 9.81. The van der Waals surface area contributed by atoms with Gasteiger partial charge in [-0.3, -0.25) is 4.99 Å². The summed E-state index contributed by atoms with van der Waals surface area (Å²) in [7, 11) is 0. The number of benzene rings is 6. The molecule has 3 heterocycles. The number of fused-ring (bicyclic) bond motifs is 7. The normalized spacial score (nSPS) is 15.7. The Morgan fingerprint density at radius 2 is 1.05 bits per heavy atom. The fourth-order valence-electron chi connectivity index (χ4n) is 10.2. The van der Waals surface area contributed by atoms with Crippen LogP contribution in [0.1, 0.15) is 84.6 Å². The van der Waals surface area contributed by atoms with E-state index >= 15 is 0 Å². The number of rotatable bonds is 8. The second kappa shape index (κ2) is 14.2. The number of anilines is 3. The first kappa shape index (κ1) is 39.3. The monoisotopic (exact) mass is 854 g/mol. The molecule has 6 heteroatoms. The van der Waals surface area contributed by atoms with Crippen LogP contribution < -0.4 is 4.90 Å². The zero-order valence-corrected chi connectivity index (χ0v) is 37.8. The maximum absolute atomic E-state index is 11.6. The smallest absolute Gasteiger partial charge is 0.335 e. The van der Waals surface area contributed by atoms with Crippen molar-refractivity contribution in [3.05, 3.63) is 196 Å². The van der Waals surface area contributed by atoms with Crippen molar-refractivity contribution < 1.29 is 9.90 Å². The Balaban J connectivity index is 0.898. The van der Waals surface area contributed by atoms with Crippen LogP contribution in [0, 0.1) is 0 Å². The Kier molecular flexibility index (Phi) is 8.86. The number of hydrogen-bond donors (Lipinski definition) is 1. The van der Waals surface area contributed by atoms with Crippen molar-refractivity contribution in [3.63, 3.8) is 0 Å². The van der Waals surface area contributed by atoms with Crippen molar-refractivity contribution in [3.8, 4) is 42.4 Å². The van der Waals surface area contributed by atoms with Crippen LogP contribution in [0.15, 0.2) is 163 Å². The minimum atomic E-state index is -0.923. The van der Waals surface area contributed by atoms with Crippen LogP contribution in [0.4, 0.5) is 22.7 Å². The third-order valence-corrected chi connectivity index (χ3v) is 16.1. The fraction of sp³-hybridized carbons (Fsp3) is 0.158. The van der Waals surface area contributed by atoms with E-state index in [0.29, 0.717) is 0 Å². The first-order valence-corrected chi connectivity index (χ1v) is 23.2. The van der Waals surface area contributed by atoms with E-state index in [2.05, 4.69) is 192 Å². The summed E-state index contributed by atoms with van der Waals surface area (Å²) in [6.07, 6.45) is 4.20. The van der Waals surface area contributed by atoms with Gasteiger partial charge in [-0.15, -0.1) is 22.7 Å². The van der Waals surface area contributed by atoms with Gasteiger partial charge in [-0.1, -0.05) is 114 Å². The molecule has 0 fully saturated rings. The quantitative estimate of drug-likeness (QED) is 0.166. The topological polar surface area (TPSA) is 52.9 Å². The first-order chi connectivity index (χ1) is 30.3. The molecule has 0 bridgehead atoms. The van der Waals surface area contributed by atoms with Gasteiger partial charge in [-0.05, 0) is 147 Å². The lowest BCUT2D eigenvalue weighted by Crippen LogP contribution is -2.24. The van der Waals surface area contributed by atoms with Crippen molar-refractivity contribution in [2.24, 2.45) is 4.99 Å². The van der Waals surface area contributed by atoms with Crippen molar-refractivity contribution in [1.82, 2.24) is 0 Å². The van der Waals surface area contributed by atoms with Gasteiger partial charge in [0.05, 0.1) is 17.0 Å². The van der Waals surface area contributed by atoms with Gasteiger partial charge in [0.2, 0.25) is 0 Å². The molecule has 0 amide bonds. The maximum atomic E-state index is 11.6. The SMILES string of the molecule is CC1(C)C(/C=C/c2ccc(-c3ccc(-c4ccc(N(c5ccc6c(c5)C(C)(C)c5ccccc5-6)c5ccc6c(c5)C(C)(C)c5ccccc5-6)cc4)s3)s2)=Nc2ccc(C(=O)O)cc21. The minimum absolute atomic E-state index is 0.112. The standard InChI is InChI=1S/C57H46N2O2S2/c1-55(2)44-13-9-7-11-40(44)42-24-20-37(32-46(42)55)59(38-21-25-43-41-12-8-10-14-45(41)56(3,4)47(43)33-38)36-18-15-34(16-19-36)50-28-29-52(63-50)51-27-22-39(62-51)23-30-53-57(5,6)48-31-35(54(60)61)17-26-49(48)58-53/h7-33H,1-6H3,(H,60,61)/b30-23+. The summed E-state index contributed by atoms with van der Waals surface area (Å²) in [5.74, 6) is -0.923. The van der Waals surface area contributed by atoms with Crippen molar-refractivity contribution in [2.45, 2.75) is 57.8 Å². The molecule has 308 valence electrons. The Bertz CT molecular complexity index is 3140. The molecule has 0 radical (unpaired) electrons. The molecule has 0 unspecified atom stereocenters. The van der Waals surface area contributed by atoms with Gasteiger partial charge >= 0.3 is 5.97 Å². The summed E-state index contributed by atoms with van der Waals surface area (Å²) in [5.41, 5.74) is 17.7. The van der Waals surface area contributed by atoms with Gasteiger partial charge in [0.15, 0.2) is 0 Å². The van der Waals surface area contributed by atoms with E-state index in [0.717, 1.165) is 38.9 Å². The molecule has 0 spiro atoms. The van der Waals surface area contributed by atoms with Crippen molar-refractivity contribution >= 4 is 63.2 Å². The number of carbonyl (C=O) groups is 1. The molecule has 0 saturated carbocycles. The number of thiophene rings is 2. The second-order valence-corrected chi connectivity index (χ2v) is 20.7.